The molecule has 0 saturated heterocycles. The minimum absolute atomic E-state index is 0.222. The molecule has 0 amide bonds. The lowest BCUT2D eigenvalue weighted by Gasteiger charge is -1.93. The highest BCUT2D eigenvalue weighted by Crippen LogP contribution is 2.02. The van der Waals surface area contributed by atoms with Gasteiger partial charge in [0.05, 0.1) is 0 Å². The van der Waals surface area contributed by atoms with Gasteiger partial charge < -0.3 is 5.11 Å². The molecule has 0 bridgehead atoms. The summed E-state index contributed by atoms with van der Waals surface area (Å²) in [6, 6.07) is 0. The van der Waals surface area contributed by atoms with Crippen LogP contribution in [0.5, 0.6) is 0 Å². The van der Waals surface area contributed by atoms with Crippen LogP contribution in [0.15, 0.2) is 0 Å². The zero-order valence-electron chi connectivity index (χ0n) is 8.68. The summed E-state index contributed by atoms with van der Waals surface area (Å²) >= 11 is 5.48. The van der Waals surface area contributed by atoms with Gasteiger partial charge in [-0.2, -0.15) is 0 Å². The van der Waals surface area contributed by atoms with E-state index >= 15 is 0 Å². The number of rotatable bonds is 6. The number of halogens is 1. The molecule has 0 unspecified atom stereocenters. The Morgan fingerprint density at radius 1 is 1.15 bits per heavy atom. The first-order valence-electron chi connectivity index (χ1n) is 4.96. The fraction of sp³-hybridized carbons (Fsp3) is 0.900. The molecule has 0 fully saturated rings. The zero-order valence-corrected chi connectivity index (χ0v) is 9.44. The Bertz CT molecular complexity index is 99.1. The maximum Gasteiger partial charge on any atom is 0.303 e. The number of carbonyl (C=O) groups is 1. The maximum absolute atomic E-state index is 9.37. The lowest BCUT2D eigenvalue weighted by Crippen LogP contribution is -1.86. The van der Waals surface area contributed by atoms with Crippen LogP contribution in [0.3, 0.4) is 0 Å². The molecule has 3 heteroatoms. The third-order valence-corrected chi connectivity index (χ3v) is 1.81. The van der Waals surface area contributed by atoms with Crippen molar-refractivity contribution >= 4 is 17.6 Å². The minimum Gasteiger partial charge on any atom is -0.481 e. The van der Waals surface area contributed by atoms with Crippen LogP contribution in [0, 0.1) is 0 Å². The lowest BCUT2D eigenvalue weighted by atomic mass is 10.2. The van der Waals surface area contributed by atoms with Crippen molar-refractivity contribution < 1.29 is 9.90 Å². The number of aliphatic carboxylic acids is 1. The van der Waals surface area contributed by atoms with Crippen molar-refractivity contribution in [3.8, 4) is 0 Å². The second-order valence-electron chi connectivity index (χ2n) is 2.85. The molecule has 0 rings (SSSR count). The summed E-state index contributed by atoms with van der Waals surface area (Å²) in [6.07, 6.45) is 6.79. The van der Waals surface area contributed by atoms with Gasteiger partial charge in [-0.3, -0.25) is 4.79 Å². The van der Waals surface area contributed by atoms with Gasteiger partial charge in [-0.05, 0) is 6.42 Å². The number of unbranched alkanes of at least 4 members (excludes halogenated alkanes) is 4. The van der Waals surface area contributed by atoms with E-state index in [9.17, 15) is 4.79 Å². The average Bonchev–Trinajstić information content (AvgIpc) is 2.14. The lowest BCUT2D eigenvalue weighted by molar-refractivity contribution is -0.136. The summed E-state index contributed by atoms with van der Waals surface area (Å²) in [5.74, 6) is 0.0916. The summed E-state index contributed by atoms with van der Waals surface area (Å²) in [5, 5.41) is 7.72. The molecule has 0 aromatic rings. The smallest absolute Gasteiger partial charge is 0.303 e. The van der Waals surface area contributed by atoms with Crippen LogP contribution in [0.2, 0.25) is 0 Å². The Morgan fingerprint density at radius 2 is 1.62 bits per heavy atom. The van der Waals surface area contributed by atoms with Gasteiger partial charge in [-0.1, -0.05) is 39.5 Å². The molecule has 0 aromatic heterocycles. The van der Waals surface area contributed by atoms with Crippen molar-refractivity contribution in [2.75, 3.05) is 5.88 Å². The highest BCUT2D eigenvalue weighted by Gasteiger charge is 1.84. The quantitative estimate of drug-likeness (QED) is 0.534. The minimum atomic E-state index is -0.745. The number of hydrogen-bond donors (Lipinski definition) is 1. The van der Waals surface area contributed by atoms with Crippen molar-refractivity contribution in [2.45, 2.75) is 52.4 Å². The van der Waals surface area contributed by atoms with Gasteiger partial charge in [0.1, 0.15) is 0 Å². The standard InChI is InChI=1S/C7H15Cl.C3H6O2/c1-2-3-4-5-6-7-8;1-2-3(4)5/h2-7H2,1H3;2H2,1H3,(H,4,5). The number of carboxylic acid groups (broad SMARTS) is 1. The van der Waals surface area contributed by atoms with Crippen molar-refractivity contribution in [1.29, 1.82) is 0 Å². The molecule has 0 aliphatic rings. The second kappa shape index (κ2) is 14.3. The molecular formula is C10H21ClO2. The van der Waals surface area contributed by atoms with E-state index in [-0.39, 0.29) is 6.42 Å². The molecule has 0 spiro atoms. The van der Waals surface area contributed by atoms with E-state index in [4.69, 9.17) is 16.7 Å². The molecule has 0 saturated carbocycles. The van der Waals surface area contributed by atoms with E-state index < -0.39 is 5.97 Å². The monoisotopic (exact) mass is 208 g/mol. The van der Waals surface area contributed by atoms with E-state index in [0.29, 0.717) is 0 Å². The molecule has 0 radical (unpaired) electrons. The average molecular weight is 209 g/mol. The van der Waals surface area contributed by atoms with E-state index in [2.05, 4.69) is 6.92 Å². The second-order valence-corrected chi connectivity index (χ2v) is 3.23. The fourth-order valence-corrected chi connectivity index (χ4v) is 0.887. The van der Waals surface area contributed by atoms with Gasteiger partial charge in [0, 0.05) is 12.3 Å². The SMILES string of the molecule is CCC(=O)O.CCCCCCCCl. The number of alkyl halides is 1. The number of hydrogen-bond acceptors (Lipinski definition) is 1. The first-order valence-corrected chi connectivity index (χ1v) is 5.50. The fourth-order valence-electron chi connectivity index (χ4n) is 0.698. The van der Waals surface area contributed by atoms with Crippen LogP contribution in [0.1, 0.15) is 52.4 Å². The summed E-state index contributed by atoms with van der Waals surface area (Å²) in [5.41, 5.74) is 0. The third kappa shape index (κ3) is 24.5. The summed E-state index contributed by atoms with van der Waals surface area (Å²) in [6.45, 7) is 3.82. The Hall–Kier alpha value is -0.240. The molecule has 0 heterocycles. The van der Waals surface area contributed by atoms with Gasteiger partial charge in [-0.25, -0.2) is 0 Å². The Labute approximate surface area is 86.3 Å². The van der Waals surface area contributed by atoms with E-state index in [1.54, 1.807) is 6.92 Å². The van der Waals surface area contributed by atoms with Crippen LogP contribution in [-0.2, 0) is 4.79 Å². The van der Waals surface area contributed by atoms with Gasteiger partial charge in [0.2, 0.25) is 0 Å². The van der Waals surface area contributed by atoms with Crippen molar-refractivity contribution in [3.05, 3.63) is 0 Å². The molecular weight excluding hydrogens is 188 g/mol. The summed E-state index contributed by atoms with van der Waals surface area (Å²) < 4.78 is 0. The normalized spacial score (nSPS) is 8.85. The molecule has 0 atom stereocenters. The van der Waals surface area contributed by atoms with Crippen LogP contribution >= 0.6 is 11.6 Å². The molecule has 0 aliphatic carbocycles. The zero-order chi connectivity index (χ0) is 10.5. The predicted molar refractivity (Wildman–Crippen MR) is 57.4 cm³/mol. The van der Waals surface area contributed by atoms with Gasteiger partial charge >= 0.3 is 5.97 Å². The van der Waals surface area contributed by atoms with E-state index in [1.165, 1.54) is 32.1 Å². The summed E-state index contributed by atoms with van der Waals surface area (Å²) in [4.78, 5) is 9.37. The van der Waals surface area contributed by atoms with Crippen LogP contribution < -0.4 is 0 Å². The molecule has 2 nitrogen and oxygen atoms in total. The first kappa shape index (κ1) is 15.2. The predicted octanol–water partition coefficient (Wildman–Crippen LogP) is 3.68. The highest BCUT2D eigenvalue weighted by atomic mass is 35.5. The first-order chi connectivity index (χ1) is 6.18. The van der Waals surface area contributed by atoms with Crippen LogP contribution in [0.25, 0.3) is 0 Å². The maximum atomic E-state index is 9.37. The molecule has 1 N–H and O–H groups in total. The largest absolute Gasteiger partial charge is 0.481 e. The summed E-state index contributed by atoms with van der Waals surface area (Å²) in [7, 11) is 0. The topological polar surface area (TPSA) is 37.3 Å². The molecule has 80 valence electrons. The van der Waals surface area contributed by atoms with Crippen molar-refractivity contribution in [2.24, 2.45) is 0 Å². The van der Waals surface area contributed by atoms with Crippen LogP contribution in [-0.4, -0.2) is 17.0 Å². The van der Waals surface area contributed by atoms with E-state index in [0.717, 1.165) is 5.88 Å². The van der Waals surface area contributed by atoms with Crippen molar-refractivity contribution in [1.82, 2.24) is 0 Å². The van der Waals surface area contributed by atoms with Crippen LogP contribution in [0.4, 0.5) is 0 Å². The third-order valence-electron chi connectivity index (χ3n) is 1.54. The van der Waals surface area contributed by atoms with E-state index in [1.807, 2.05) is 0 Å². The van der Waals surface area contributed by atoms with Gasteiger partial charge in [-0.15, -0.1) is 11.6 Å². The molecule has 0 aliphatic heterocycles. The van der Waals surface area contributed by atoms with Crippen molar-refractivity contribution in [3.63, 3.8) is 0 Å². The molecule has 13 heavy (non-hydrogen) atoms. The Balaban J connectivity index is 0. The molecule has 0 aromatic carbocycles. The Kier molecular flexibility index (Phi) is 16.8. The Morgan fingerprint density at radius 3 is 1.92 bits per heavy atom. The number of carboxylic acids is 1. The highest BCUT2D eigenvalue weighted by molar-refractivity contribution is 6.17. The van der Waals surface area contributed by atoms with Gasteiger partial charge in [0.25, 0.3) is 0 Å². The van der Waals surface area contributed by atoms with Gasteiger partial charge in [0.15, 0.2) is 0 Å².